The summed E-state index contributed by atoms with van der Waals surface area (Å²) in [6.07, 6.45) is 6.70. The zero-order valence-corrected chi connectivity index (χ0v) is 13.2. The molecule has 0 atom stereocenters. The van der Waals surface area contributed by atoms with E-state index in [0.717, 1.165) is 11.9 Å². The molecule has 0 unspecified atom stereocenters. The van der Waals surface area contributed by atoms with Crippen LogP contribution in [0.15, 0.2) is 60.9 Å². The highest BCUT2D eigenvalue weighted by Gasteiger charge is 2.19. The van der Waals surface area contributed by atoms with Gasteiger partial charge in [-0.2, -0.15) is 0 Å². The first kappa shape index (κ1) is 14.5. The number of nitrogens with zero attached hydrogens (tertiary/aromatic N) is 2. The molecule has 24 heavy (non-hydrogen) atoms. The Bertz CT molecular complexity index is 898. The summed E-state index contributed by atoms with van der Waals surface area (Å²) in [5.74, 6) is 0.578. The number of carbonyl (C=O) groups excluding carboxylic acids is 1. The first-order chi connectivity index (χ1) is 11.8. The standard InChI is InChI=1S/C19H18N4O/c24-19(22-18-7-3-4-10-20-18)23-11-8-14(9-12-23)16-13-21-17-6-2-1-5-15(16)17/h1-8,10,13,21H,9,11-12H2,(H,20,22,24). The summed E-state index contributed by atoms with van der Waals surface area (Å²) in [7, 11) is 0. The van der Waals surface area contributed by atoms with Crippen LogP contribution in [0.5, 0.6) is 0 Å². The Balaban J connectivity index is 1.48. The third-order valence-corrected chi connectivity index (χ3v) is 4.33. The molecule has 1 aliphatic rings. The number of amides is 2. The fourth-order valence-corrected chi connectivity index (χ4v) is 3.06. The fourth-order valence-electron chi connectivity index (χ4n) is 3.06. The van der Waals surface area contributed by atoms with Crippen LogP contribution >= 0.6 is 0 Å². The highest BCUT2D eigenvalue weighted by molar-refractivity contribution is 5.93. The van der Waals surface area contributed by atoms with Gasteiger partial charge in [-0.1, -0.05) is 30.3 Å². The topological polar surface area (TPSA) is 61.0 Å². The minimum Gasteiger partial charge on any atom is -0.361 e. The minimum atomic E-state index is -0.108. The fraction of sp³-hybridized carbons (Fsp3) is 0.158. The van der Waals surface area contributed by atoms with E-state index in [0.29, 0.717) is 18.9 Å². The number of aromatic amines is 1. The number of aromatic nitrogens is 2. The van der Waals surface area contributed by atoms with Crippen molar-refractivity contribution in [2.75, 3.05) is 18.4 Å². The molecule has 0 aliphatic carbocycles. The van der Waals surface area contributed by atoms with Gasteiger partial charge in [0.1, 0.15) is 5.82 Å². The maximum atomic E-state index is 12.3. The number of H-pyrrole nitrogens is 1. The highest BCUT2D eigenvalue weighted by atomic mass is 16.2. The predicted octanol–water partition coefficient (Wildman–Crippen LogP) is 3.88. The van der Waals surface area contributed by atoms with Gasteiger partial charge in [0.25, 0.3) is 0 Å². The smallest absolute Gasteiger partial charge is 0.323 e. The number of anilines is 1. The number of hydrogen-bond acceptors (Lipinski definition) is 2. The lowest BCUT2D eigenvalue weighted by Gasteiger charge is -2.26. The first-order valence-electron chi connectivity index (χ1n) is 8.04. The predicted molar refractivity (Wildman–Crippen MR) is 95.7 cm³/mol. The summed E-state index contributed by atoms with van der Waals surface area (Å²) < 4.78 is 0. The van der Waals surface area contributed by atoms with E-state index < -0.39 is 0 Å². The molecule has 0 saturated heterocycles. The number of fused-ring (bicyclic) bond motifs is 1. The second kappa shape index (κ2) is 6.20. The lowest BCUT2D eigenvalue weighted by Crippen LogP contribution is -2.38. The Morgan fingerprint density at radius 3 is 2.83 bits per heavy atom. The second-order valence-corrected chi connectivity index (χ2v) is 5.82. The third kappa shape index (κ3) is 2.76. The molecule has 4 rings (SSSR count). The zero-order valence-electron chi connectivity index (χ0n) is 13.2. The summed E-state index contributed by atoms with van der Waals surface area (Å²) in [4.78, 5) is 21.5. The highest BCUT2D eigenvalue weighted by Crippen LogP contribution is 2.29. The maximum Gasteiger partial charge on any atom is 0.323 e. The van der Waals surface area contributed by atoms with E-state index in [1.54, 1.807) is 17.2 Å². The summed E-state index contributed by atoms with van der Waals surface area (Å²) in [5, 5.41) is 4.06. The van der Waals surface area contributed by atoms with Crippen LogP contribution in [0.3, 0.4) is 0 Å². The molecule has 0 bridgehead atoms. The Hall–Kier alpha value is -3.08. The summed E-state index contributed by atoms with van der Waals surface area (Å²) in [6.45, 7) is 1.30. The van der Waals surface area contributed by atoms with E-state index in [1.165, 1.54) is 16.5 Å². The van der Waals surface area contributed by atoms with Gasteiger partial charge in [0.2, 0.25) is 0 Å². The van der Waals surface area contributed by atoms with Crippen molar-refractivity contribution >= 4 is 28.3 Å². The number of hydrogen-bond donors (Lipinski definition) is 2. The van der Waals surface area contributed by atoms with Gasteiger partial charge in [0.05, 0.1) is 0 Å². The van der Waals surface area contributed by atoms with Crippen molar-refractivity contribution in [1.82, 2.24) is 14.9 Å². The molecule has 1 aromatic carbocycles. The lowest BCUT2D eigenvalue weighted by atomic mass is 9.99. The molecular formula is C19H18N4O. The summed E-state index contributed by atoms with van der Waals surface area (Å²) in [5.41, 5.74) is 3.66. The van der Waals surface area contributed by atoms with E-state index in [-0.39, 0.29) is 6.03 Å². The van der Waals surface area contributed by atoms with E-state index >= 15 is 0 Å². The van der Waals surface area contributed by atoms with Crippen LogP contribution in [0.1, 0.15) is 12.0 Å². The molecule has 3 heterocycles. The Morgan fingerprint density at radius 1 is 1.17 bits per heavy atom. The van der Waals surface area contributed by atoms with Crippen molar-refractivity contribution in [2.24, 2.45) is 0 Å². The monoisotopic (exact) mass is 318 g/mol. The molecular weight excluding hydrogens is 300 g/mol. The van der Waals surface area contributed by atoms with Gasteiger partial charge >= 0.3 is 6.03 Å². The SMILES string of the molecule is O=C(Nc1ccccn1)N1CC=C(c2c[nH]c3ccccc23)CC1. The van der Waals surface area contributed by atoms with Crippen molar-refractivity contribution in [3.8, 4) is 0 Å². The van der Waals surface area contributed by atoms with Crippen molar-refractivity contribution < 1.29 is 4.79 Å². The van der Waals surface area contributed by atoms with Gasteiger partial charge < -0.3 is 9.88 Å². The second-order valence-electron chi connectivity index (χ2n) is 5.82. The molecule has 3 aromatic rings. The summed E-state index contributed by atoms with van der Waals surface area (Å²) in [6, 6.07) is 13.6. The number of para-hydroxylation sites is 1. The average molecular weight is 318 g/mol. The minimum absolute atomic E-state index is 0.108. The molecule has 0 radical (unpaired) electrons. The number of benzene rings is 1. The van der Waals surface area contributed by atoms with Gasteiger partial charge in [-0.05, 0) is 30.2 Å². The number of urea groups is 1. The van der Waals surface area contributed by atoms with Crippen LogP contribution in [0.4, 0.5) is 10.6 Å². The number of nitrogens with one attached hydrogen (secondary N) is 2. The van der Waals surface area contributed by atoms with Gasteiger partial charge in [-0.3, -0.25) is 5.32 Å². The lowest BCUT2D eigenvalue weighted by molar-refractivity contribution is 0.217. The summed E-state index contributed by atoms with van der Waals surface area (Å²) >= 11 is 0. The van der Waals surface area contributed by atoms with Crippen LogP contribution in [-0.4, -0.2) is 34.0 Å². The normalized spacial score (nSPS) is 14.5. The Labute approximate surface area is 140 Å². The molecule has 0 spiro atoms. The van der Waals surface area contributed by atoms with Crippen molar-refractivity contribution in [1.29, 1.82) is 0 Å². The number of pyridine rings is 1. The van der Waals surface area contributed by atoms with E-state index in [1.807, 2.05) is 18.2 Å². The molecule has 0 fully saturated rings. The molecule has 2 amide bonds. The zero-order chi connectivity index (χ0) is 16.4. The quantitative estimate of drug-likeness (QED) is 0.753. The van der Waals surface area contributed by atoms with Crippen LogP contribution in [-0.2, 0) is 0 Å². The van der Waals surface area contributed by atoms with Crippen LogP contribution in [0.2, 0.25) is 0 Å². The molecule has 120 valence electrons. The van der Waals surface area contributed by atoms with Crippen molar-refractivity contribution in [2.45, 2.75) is 6.42 Å². The van der Waals surface area contributed by atoms with Gasteiger partial charge in [-0.25, -0.2) is 9.78 Å². The Morgan fingerprint density at radius 2 is 2.04 bits per heavy atom. The number of rotatable bonds is 2. The number of carbonyl (C=O) groups is 1. The molecule has 0 saturated carbocycles. The van der Waals surface area contributed by atoms with Crippen LogP contribution < -0.4 is 5.32 Å². The Kier molecular flexibility index (Phi) is 3.75. The van der Waals surface area contributed by atoms with Crippen LogP contribution in [0.25, 0.3) is 16.5 Å². The van der Waals surface area contributed by atoms with Gasteiger partial charge in [0.15, 0.2) is 0 Å². The van der Waals surface area contributed by atoms with Crippen LogP contribution in [0, 0.1) is 0 Å². The van der Waals surface area contributed by atoms with E-state index in [2.05, 4.69) is 45.8 Å². The van der Waals surface area contributed by atoms with Crippen molar-refractivity contribution in [3.63, 3.8) is 0 Å². The molecule has 5 heteroatoms. The molecule has 1 aliphatic heterocycles. The van der Waals surface area contributed by atoms with Crippen molar-refractivity contribution in [3.05, 3.63) is 66.5 Å². The molecule has 5 nitrogen and oxygen atoms in total. The maximum absolute atomic E-state index is 12.3. The largest absolute Gasteiger partial charge is 0.361 e. The van der Waals surface area contributed by atoms with E-state index in [9.17, 15) is 4.79 Å². The molecule has 2 N–H and O–H groups in total. The van der Waals surface area contributed by atoms with Gasteiger partial charge in [0, 0.05) is 41.9 Å². The third-order valence-electron chi connectivity index (χ3n) is 4.33. The molecule has 2 aromatic heterocycles. The first-order valence-corrected chi connectivity index (χ1v) is 8.04. The van der Waals surface area contributed by atoms with E-state index in [4.69, 9.17) is 0 Å². The average Bonchev–Trinajstić information content (AvgIpc) is 3.07. The van der Waals surface area contributed by atoms with Gasteiger partial charge in [-0.15, -0.1) is 0 Å².